The number of H-pyrrole nitrogens is 4. The standard InChI is InChI=1S/C40H30N4/c1-5-13-35-27(9-1)31(21-41-35)39(32-22-42-36-14-6-2-10-28(32)36)25-17-19-26(20-18-25)40(33-23-43-37-15-7-3-11-29(33)37)34-24-44-38-16-8-4-12-30(34)38/h1-24,39-44H. The highest BCUT2D eigenvalue weighted by atomic mass is 14.7. The predicted molar refractivity (Wildman–Crippen MR) is 182 cm³/mol. The summed E-state index contributed by atoms with van der Waals surface area (Å²) in [5, 5.41) is 5.01. The molecule has 0 bridgehead atoms. The summed E-state index contributed by atoms with van der Waals surface area (Å²) < 4.78 is 0. The lowest BCUT2D eigenvalue weighted by molar-refractivity contribution is 0.970. The number of para-hydroxylation sites is 4. The van der Waals surface area contributed by atoms with Crippen molar-refractivity contribution in [2.45, 2.75) is 11.8 Å². The van der Waals surface area contributed by atoms with Crippen molar-refractivity contribution in [2.75, 3.05) is 0 Å². The van der Waals surface area contributed by atoms with E-state index < -0.39 is 0 Å². The van der Waals surface area contributed by atoms with E-state index in [1.54, 1.807) is 0 Å². The Morgan fingerprint density at radius 3 is 0.818 bits per heavy atom. The molecule has 9 rings (SSSR count). The van der Waals surface area contributed by atoms with Crippen LogP contribution in [0, 0.1) is 0 Å². The van der Waals surface area contributed by atoms with Gasteiger partial charge < -0.3 is 19.9 Å². The average molecular weight is 567 g/mol. The Morgan fingerprint density at radius 1 is 0.295 bits per heavy atom. The zero-order valence-electron chi connectivity index (χ0n) is 24.0. The molecule has 210 valence electrons. The van der Waals surface area contributed by atoms with Gasteiger partial charge in [0.25, 0.3) is 0 Å². The lowest BCUT2D eigenvalue weighted by atomic mass is 9.81. The molecule has 0 aliphatic carbocycles. The molecule has 5 aromatic carbocycles. The maximum Gasteiger partial charge on any atom is 0.0457 e. The first-order chi connectivity index (χ1) is 21.8. The van der Waals surface area contributed by atoms with Crippen molar-refractivity contribution in [3.05, 3.63) is 179 Å². The molecule has 4 heteroatoms. The molecular weight excluding hydrogens is 536 g/mol. The van der Waals surface area contributed by atoms with Gasteiger partial charge in [-0.1, -0.05) is 97.1 Å². The molecule has 0 saturated carbocycles. The Morgan fingerprint density at radius 2 is 0.545 bits per heavy atom. The molecule has 4 heterocycles. The number of nitrogens with one attached hydrogen (secondary N) is 4. The van der Waals surface area contributed by atoms with Crippen LogP contribution < -0.4 is 0 Å². The van der Waals surface area contributed by atoms with Crippen molar-refractivity contribution in [3.63, 3.8) is 0 Å². The molecule has 0 aliphatic rings. The first kappa shape index (κ1) is 24.8. The van der Waals surface area contributed by atoms with E-state index in [9.17, 15) is 0 Å². The molecular formula is C40H30N4. The highest BCUT2D eigenvalue weighted by molar-refractivity contribution is 5.90. The van der Waals surface area contributed by atoms with Crippen LogP contribution in [-0.4, -0.2) is 19.9 Å². The zero-order valence-corrected chi connectivity index (χ0v) is 24.0. The first-order valence-electron chi connectivity index (χ1n) is 15.2. The molecule has 0 amide bonds. The van der Waals surface area contributed by atoms with E-state index in [0.29, 0.717) is 0 Å². The normalized spacial score (nSPS) is 12.0. The highest BCUT2D eigenvalue weighted by Crippen LogP contribution is 2.42. The van der Waals surface area contributed by atoms with E-state index in [-0.39, 0.29) is 11.8 Å². The van der Waals surface area contributed by atoms with Crippen LogP contribution in [-0.2, 0) is 0 Å². The van der Waals surface area contributed by atoms with Gasteiger partial charge in [-0.25, -0.2) is 0 Å². The largest absolute Gasteiger partial charge is 0.361 e. The third-order valence-electron chi connectivity index (χ3n) is 9.33. The SMILES string of the molecule is c1ccc2c(C(c3ccc(C(c4c[nH]c5ccccc45)c4c[nH]c5ccccc45)cc3)c3c[nH]c4ccccc34)c[nH]c2c1. The van der Waals surface area contributed by atoms with Crippen molar-refractivity contribution < 1.29 is 0 Å². The molecule has 0 unspecified atom stereocenters. The van der Waals surface area contributed by atoms with Crippen LogP contribution in [0.5, 0.6) is 0 Å². The Bertz CT molecular complexity index is 2090. The van der Waals surface area contributed by atoms with Crippen LogP contribution in [0.4, 0.5) is 0 Å². The summed E-state index contributed by atoms with van der Waals surface area (Å²) in [7, 11) is 0. The molecule has 0 saturated heterocycles. The third-order valence-corrected chi connectivity index (χ3v) is 9.33. The van der Waals surface area contributed by atoms with Gasteiger partial charge in [0, 0.05) is 80.2 Å². The number of aromatic nitrogens is 4. The fourth-order valence-corrected chi connectivity index (χ4v) is 7.27. The number of hydrogen-bond donors (Lipinski definition) is 4. The van der Waals surface area contributed by atoms with Crippen LogP contribution in [0.3, 0.4) is 0 Å². The van der Waals surface area contributed by atoms with Crippen molar-refractivity contribution in [2.24, 2.45) is 0 Å². The maximum atomic E-state index is 3.53. The average Bonchev–Trinajstić information content (AvgIpc) is 3.89. The second-order valence-corrected chi connectivity index (χ2v) is 11.7. The minimum absolute atomic E-state index is 0.0657. The van der Waals surface area contributed by atoms with Gasteiger partial charge in [-0.05, 0) is 57.6 Å². The van der Waals surface area contributed by atoms with Gasteiger partial charge in [0.15, 0.2) is 0 Å². The minimum Gasteiger partial charge on any atom is -0.361 e. The maximum absolute atomic E-state index is 3.53. The number of benzene rings is 5. The van der Waals surface area contributed by atoms with Gasteiger partial charge >= 0.3 is 0 Å². The molecule has 4 aromatic heterocycles. The molecule has 0 spiro atoms. The summed E-state index contributed by atoms with van der Waals surface area (Å²) in [5.74, 6) is 0.131. The lowest BCUT2D eigenvalue weighted by Crippen LogP contribution is -2.05. The summed E-state index contributed by atoms with van der Waals surface area (Å²) in [6.07, 6.45) is 8.74. The van der Waals surface area contributed by atoms with Gasteiger partial charge in [-0.3, -0.25) is 0 Å². The van der Waals surface area contributed by atoms with E-state index >= 15 is 0 Å². The van der Waals surface area contributed by atoms with E-state index in [1.165, 1.54) is 54.9 Å². The van der Waals surface area contributed by atoms with Gasteiger partial charge in [0.05, 0.1) is 0 Å². The number of aromatic amines is 4. The summed E-state index contributed by atoms with van der Waals surface area (Å²) in [4.78, 5) is 14.1. The highest BCUT2D eigenvalue weighted by Gasteiger charge is 2.26. The van der Waals surface area contributed by atoms with Gasteiger partial charge in [0.1, 0.15) is 0 Å². The van der Waals surface area contributed by atoms with Crippen LogP contribution in [0.2, 0.25) is 0 Å². The van der Waals surface area contributed by atoms with Crippen LogP contribution in [0.25, 0.3) is 43.6 Å². The second-order valence-electron chi connectivity index (χ2n) is 11.7. The lowest BCUT2D eigenvalue weighted by Gasteiger charge is -2.21. The van der Waals surface area contributed by atoms with Crippen molar-refractivity contribution in [1.82, 2.24) is 19.9 Å². The fourth-order valence-electron chi connectivity index (χ4n) is 7.27. The van der Waals surface area contributed by atoms with Gasteiger partial charge in [-0.15, -0.1) is 0 Å². The van der Waals surface area contributed by atoms with Crippen LogP contribution >= 0.6 is 0 Å². The summed E-state index contributed by atoms with van der Waals surface area (Å²) in [6, 6.07) is 43.7. The third kappa shape index (κ3) is 3.85. The molecule has 0 atom stereocenters. The minimum atomic E-state index is 0.0657. The summed E-state index contributed by atoms with van der Waals surface area (Å²) in [6.45, 7) is 0. The summed E-state index contributed by atoms with van der Waals surface area (Å²) in [5.41, 5.74) is 12.3. The Kier molecular flexibility index (Phi) is 5.60. The summed E-state index contributed by atoms with van der Waals surface area (Å²) >= 11 is 0. The second kappa shape index (κ2) is 9.92. The van der Waals surface area contributed by atoms with E-state index in [0.717, 1.165) is 22.1 Å². The number of hydrogen-bond acceptors (Lipinski definition) is 0. The van der Waals surface area contributed by atoms with Gasteiger partial charge in [0.2, 0.25) is 0 Å². The van der Waals surface area contributed by atoms with Crippen LogP contribution in [0.15, 0.2) is 146 Å². The topological polar surface area (TPSA) is 63.2 Å². The Labute approximate surface area is 254 Å². The van der Waals surface area contributed by atoms with Crippen LogP contribution in [0.1, 0.15) is 45.2 Å². The quantitative estimate of drug-likeness (QED) is 0.155. The van der Waals surface area contributed by atoms with E-state index in [2.05, 4.69) is 166 Å². The van der Waals surface area contributed by atoms with Crippen molar-refractivity contribution in [1.29, 1.82) is 0 Å². The molecule has 4 N–H and O–H groups in total. The Hall–Kier alpha value is -5.74. The van der Waals surface area contributed by atoms with Crippen molar-refractivity contribution in [3.8, 4) is 0 Å². The molecule has 9 aromatic rings. The monoisotopic (exact) mass is 566 g/mol. The molecule has 0 fully saturated rings. The number of rotatable bonds is 6. The molecule has 4 nitrogen and oxygen atoms in total. The fraction of sp³-hybridized carbons (Fsp3) is 0.0500. The zero-order chi connectivity index (χ0) is 29.0. The van der Waals surface area contributed by atoms with Crippen molar-refractivity contribution >= 4 is 43.6 Å². The van der Waals surface area contributed by atoms with E-state index in [4.69, 9.17) is 0 Å². The number of fused-ring (bicyclic) bond motifs is 4. The molecule has 0 radical (unpaired) electrons. The van der Waals surface area contributed by atoms with Gasteiger partial charge in [-0.2, -0.15) is 0 Å². The van der Waals surface area contributed by atoms with E-state index in [1.807, 2.05) is 0 Å². The molecule has 0 aliphatic heterocycles. The Balaban J connectivity index is 1.23. The smallest absolute Gasteiger partial charge is 0.0457 e. The first-order valence-corrected chi connectivity index (χ1v) is 15.2. The predicted octanol–water partition coefficient (Wildman–Crippen LogP) is 9.97. The molecule has 44 heavy (non-hydrogen) atoms.